The van der Waals surface area contributed by atoms with Crippen LogP contribution in [0.25, 0.3) is 0 Å². The molecule has 1 aliphatic heterocycles. The number of guanidine groups is 1. The van der Waals surface area contributed by atoms with Crippen molar-refractivity contribution >= 4 is 41.5 Å². The Morgan fingerprint density at radius 2 is 1.73 bits per heavy atom. The Morgan fingerprint density at radius 3 is 2.38 bits per heavy atom. The normalized spacial score (nSPS) is 19.0. The van der Waals surface area contributed by atoms with Crippen LogP contribution < -0.4 is 16.0 Å². The monoisotopic (exact) mass is 471 g/mol. The van der Waals surface area contributed by atoms with Gasteiger partial charge in [0.15, 0.2) is 5.96 Å². The maximum Gasteiger partial charge on any atom is 0.244 e. The van der Waals surface area contributed by atoms with Gasteiger partial charge in [-0.05, 0) is 25.0 Å². The van der Waals surface area contributed by atoms with Gasteiger partial charge in [0.2, 0.25) is 5.91 Å². The fourth-order valence-corrected chi connectivity index (χ4v) is 3.61. The van der Waals surface area contributed by atoms with E-state index >= 15 is 0 Å². The van der Waals surface area contributed by atoms with Gasteiger partial charge in [0, 0.05) is 37.9 Å². The molecule has 0 aromatic heterocycles. The van der Waals surface area contributed by atoms with Crippen LogP contribution in [0.3, 0.4) is 0 Å². The Bertz CT molecular complexity index is 581. The summed E-state index contributed by atoms with van der Waals surface area (Å²) < 4.78 is 0. The number of rotatable bonds is 4. The average molecular weight is 471 g/mol. The van der Waals surface area contributed by atoms with Gasteiger partial charge in [0.1, 0.15) is 6.54 Å². The van der Waals surface area contributed by atoms with Crippen molar-refractivity contribution < 1.29 is 4.79 Å². The third-order valence-corrected chi connectivity index (χ3v) is 5.10. The SMILES string of the molecule is I.NC(=NCC(=O)N1CCN(c2ccccc2)CC1)NC1CCCCC1. The zero-order chi connectivity index (χ0) is 17.5. The number of nitrogens with zero attached hydrogens (tertiary/aromatic N) is 3. The van der Waals surface area contributed by atoms with Gasteiger partial charge in [-0.2, -0.15) is 0 Å². The van der Waals surface area contributed by atoms with Crippen molar-refractivity contribution in [1.29, 1.82) is 0 Å². The van der Waals surface area contributed by atoms with E-state index in [9.17, 15) is 4.79 Å². The molecule has 1 amide bonds. The minimum absolute atomic E-state index is 0. The van der Waals surface area contributed by atoms with E-state index in [4.69, 9.17) is 5.73 Å². The molecule has 0 radical (unpaired) electrons. The first-order chi connectivity index (χ1) is 12.2. The number of aliphatic imine (C=N–C) groups is 1. The molecule has 26 heavy (non-hydrogen) atoms. The summed E-state index contributed by atoms with van der Waals surface area (Å²) in [6.45, 7) is 3.32. The van der Waals surface area contributed by atoms with Crippen LogP contribution >= 0.6 is 24.0 Å². The summed E-state index contributed by atoms with van der Waals surface area (Å²) >= 11 is 0. The number of piperazine rings is 1. The second-order valence-corrected chi connectivity index (χ2v) is 6.88. The van der Waals surface area contributed by atoms with Crippen molar-refractivity contribution in [1.82, 2.24) is 10.2 Å². The Hall–Kier alpha value is -1.51. The maximum absolute atomic E-state index is 12.4. The van der Waals surface area contributed by atoms with E-state index in [-0.39, 0.29) is 36.4 Å². The number of carbonyl (C=O) groups excluding carboxylic acids is 1. The van der Waals surface area contributed by atoms with Crippen LogP contribution in [0, 0.1) is 0 Å². The van der Waals surface area contributed by atoms with Gasteiger partial charge in [-0.1, -0.05) is 37.5 Å². The van der Waals surface area contributed by atoms with Crippen molar-refractivity contribution in [2.75, 3.05) is 37.6 Å². The first kappa shape index (κ1) is 20.8. The van der Waals surface area contributed by atoms with Crippen molar-refractivity contribution in [3.63, 3.8) is 0 Å². The smallest absolute Gasteiger partial charge is 0.244 e. The van der Waals surface area contributed by atoms with Crippen LogP contribution in [0.4, 0.5) is 5.69 Å². The number of anilines is 1. The van der Waals surface area contributed by atoms with E-state index in [1.807, 2.05) is 23.1 Å². The highest BCUT2D eigenvalue weighted by Gasteiger charge is 2.21. The van der Waals surface area contributed by atoms with E-state index in [1.54, 1.807) is 0 Å². The highest BCUT2D eigenvalue weighted by molar-refractivity contribution is 14.0. The topological polar surface area (TPSA) is 74.0 Å². The lowest BCUT2D eigenvalue weighted by Gasteiger charge is -2.36. The van der Waals surface area contributed by atoms with Gasteiger partial charge < -0.3 is 20.9 Å². The van der Waals surface area contributed by atoms with Crippen LogP contribution in [-0.2, 0) is 4.79 Å². The van der Waals surface area contributed by atoms with Crippen LogP contribution in [0.2, 0.25) is 0 Å². The minimum atomic E-state index is 0. The molecule has 7 heteroatoms. The molecule has 0 atom stereocenters. The molecule has 1 aromatic rings. The fourth-order valence-electron chi connectivity index (χ4n) is 3.61. The molecule has 1 aromatic carbocycles. The molecule has 0 bridgehead atoms. The van der Waals surface area contributed by atoms with Crippen molar-refractivity contribution in [3.8, 4) is 0 Å². The van der Waals surface area contributed by atoms with Crippen LogP contribution in [0.15, 0.2) is 35.3 Å². The predicted molar refractivity (Wildman–Crippen MR) is 117 cm³/mol. The van der Waals surface area contributed by atoms with Crippen LogP contribution in [0.5, 0.6) is 0 Å². The Labute approximate surface area is 173 Å². The summed E-state index contributed by atoms with van der Waals surface area (Å²) in [7, 11) is 0. The molecule has 6 nitrogen and oxygen atoms in total. The lowest BCUT2D eigenvalue weighted by atomic mass is 9.96. The van der Waals surface area contributed by atoms with Gasteiger partial charge in [0.05, 0.1) is 0 Å². The Kier molecular flexibility index (Phi) is 8.47. The zero-order valence-electron chi connectivity index (χ0n) is 15.3. The molecule has 144 valence electrons. The largest absolute Gasteiger partial charge is 0.370 e. The first-order valence-corrected chi connectivity index (χ1v) is 9.36. The Balaban J connectivity index is 0.00000243. The van der Waals surface area contributed by atoms with Gasteiger partial charge in [0.25, 0.3) is 0 Å². The molecule has 1 saturated carbocycles. The van der Waals surface area contributed by atoms with Gasteiger partial charge in [-0.3, -0.25) is 4.79 Å². The predicted octanol–water partition coefficient (Wildman–Crippen LogP) is 2.19. The molecule has 0 unspecified atom stereocenters. The summed E-state index contributed by atoms with van der Waals surface area (Å²) in [5.74, 6) is 0.462. The van der Waals surface area contributed by atoms with Gasteiger partial charge in [-0.15, -0.1) is 24.0 Å². The zero-order valence-corrected chi connectivity index (χ0v) is 17.6. The number of benzene rings is 1. The van der Waals surface area contributed by atoms with E-state index in [2.05, 4.69) is 27.3 Å². The number of halogens is 1. The second kappa shape index (κ2) is 10.6. The molecular weight excluding hydrogens is 441 g/mol. The Morgan fingerprint density at radius 1 is 1.08 bits per heavy atom. The number of hydrogen-bond donors (Lipinski definition) is 2. The number of para-hydroxylation sites is 1. The van der Waals surface area contributed by atoms with Crippen LogP contribution in [0.1, 0.15) is 32.1 Å². The lowest BCUT2D eigenvalue weighted by molar-refractivity contribution is -0.129. The van der Waals surface area contributed by atoms with E-state index in [0.717, 1.165) is 39.0 Å². The van der Waals surface area contributed by atoms with Crippen molar-refractivity contribution in [3.05, 3.63) is 30.3 Å². The van der Waals surface area contributed by atoms with Crippen molar-refractivity contribution in [2.24, 2.45) is 10.7 Å². The summed E-state index contributed by atoms with van der Waals surface area (Å²) in [6, 6.07) is 10.8. The fraction of sp³-hybridized carbons (Fsp3) is 0.579. The molecule has 3 rings (SSSR count). The summed E-state index contributed by atoms with van der Waals surface area (Å²) in [4.78, 5) is 20.8. The number of hydrogen-bond acceptors (Lipinski definition) is 3. The number of nitrogens with one attached hydrogen (secondary N) is 1. The molecular formula is C19H30IN5O. The number of nitrogens with two attached hydrogens (primary N) is 1. The molecule has 3 N–H and O–H groups in total. The van der Waals surface area contributed by atoms with E-state index < -0.39 is 0 Å². The third kappa shape index (κ3) is 6.03. The third-order valence-electron chi connectivity index (χ3n) is 5.10. The molecule has 1 saturated heterocycles. The molecule has 1 aliphatic carbocycles. The highest BCUT2D eigenvalue weighted by Crippen LogP contribution is 2.17. The number of carbonyl (C=O) groups is 1. The molecule has 2 fully saturated rings. The number of amides is 1. The van der Waals surface area contributed by atoms with Crippen molar-refractivity contribution in [2.45, 2.75) is 38.1 Å². The second-order valence-electron chi connectivity index (χ2n) is 6.88. The summed E-state index contributed by atoms with van der Waals surface area (Å²) in [6.07, 6.45) is 6.09. The lowest BCUT2D eigenvalue weighted by Crippen LogP contribution is -2.49. The minimum Gasteiger partial charge on any atom is -0.370 e. The van der Waals surface area contributed by atoms with E-state index in [1.165, 1.54) is 24.9 Å². The summed E-state index contributed by atoms with van der Waals surface area (Å²) in [5.41, 5.74) is 7.16. The molecule has 1 heterocycles. The quantitative estimate of drug-likeness (QED) is 0.401. The van der Waals surface area contributed by atoms with Crippen LogP contribution in [-0.4, -0.2) is 55.5 Å². The van der Waals surface area contributed by atoms with Gasteiger partial charge >= 0.3 is 0 Å². The average Bonchev–Trinajstić information content (AvgIpc) is 2.68. The maximum atomic E-state index is 12.4. The highest BCUT2D eigenvalue weighted by atomic mass is 127. The molecule has 0 spiro atoms. The van der Waals surface area contributed by atoms with Gasteiger partial charge in [-0.25, -0.2) is 4.99 Å². The summed E-state index contributed by atoms with van der Waals surface area (Å²) in [5, 5.41) is 3.25. The van der Waals surface area contributed by atoms with E-state index in [0.29, 0.717) is 12.0 Å². The standard InChI is InChI=1S/C19H29N5O.HI/c20-19(22-16-7-3-1-4-8-16)21-15-18(25)24-13-11-23(12-14-24)17-9-5-2-6-10-17;/h2,5-6,9-10,16H,1,3-4,7-8,11-15H2,(H3,20,21,22);1H. The molecule has 2 aliphatic rings. The first-order valence-electron chi connectivity index (χ1n) is 9.36.